The molecule has 2 rings (SSSR count). The van der Waals surface area contributed by atoms with E-state index in [0.717, 1.165) is 31.9 Å². The maximum absolute atomic E-state index is 6.90. The van der Waals surface area contributed by atoms with Gasteiger partial charge in [-0.1, -0.05) is 17.7 Å². The predicted molar refractivity (Wildman–Crippen MR) is 62.8 cm³/mol. The highest BCUT2D eigenvalue weighted by molar-refractivity contribution is 6.33. The zero-order valence-electron chi connectivity index (χ0n) is 8.33. The first-order chi connectivity index (χ1) is 7.31. The van der Waals surface area contributed by atoms with Crippen molar-refractivity contribution in [3.63, 3.8) is 0 Å². The summed E-state index contributed by atoms with van der Waals surface area (Å²) in [4.78, 5) is 5.59. The third kappa shape index (κ3) is 2.23. The average molecular weight is 222 g/mol. The Hall–Kier alpha value is -1.24. The molecule has 0 amide bonds. The van der Waals surface area contributed by atoms with E-state index in [2.05, 4.69) is 15.1 Å². The number of halogens is 1. The maximum Gasteiger partial charge on any atom is 0.188 e. The highest BCUT2D eigenvalue weighted by Gasteiger charge is 2.13. The molecular weight excluding hydrogens is 210 g/mol. The number of nitrogens with one attached hydrogen (secondary N) is 1. The molecule has 78 valence electrons. The van der Waals surface area contributed by atoms with Crippen molar-refractivity contribution < 1.29 is 0 Å². The van der Waals surface area contributed by atoms with Crippen LogP contribution >= 0.6 is 11.6 Å². The van der Waals surface area contributed by atoms with Crippen LogP contribution in [0.4, 0.5) is 11.4 Å². The fraction of sp³-hybridized carbons (Fsp3) is 0.364. The molecule has 3 nitrogen and oxygen atoms in total. The lowest BCUT2D eigenvalue weighted by atomic mass is 10.2. The van der Waals surface area contributed by atoms with Crippen molar-refractivity contribution in [2.24, 2.45) is 0 Å². The Bertz CT molecular complexity index is 391. The molecule has 1 aromatic rings. The van der Waals surface area contributed by atoms with E-state index in [0.29, 0.717) is 10.7 Å². The summed E-state index contributed by atoms with van der Waals surface area (Å²) in [5.74, 6) is 0. The van der Waals surface area contributed by atoms with Gasteiger partial charge in [-0.2, -0.15) is 0 Å². The standard InChI is InChI=1S/C11H12ClN3/c1-13-9-2-3-11(10(12)8-9)15-6-4-14-5-7-15/h2-3,8,14H,4-7H2. The van der Waals surface area contributed by atoms with Crippen LogP contribution in [0.2, 0.25) is 5.02 Å². The van der Waals surface area contributed by atoms with Gasteiger partial charge in [-0.25, -0.2) is 4.85 Å². The minimum atomic E-state index is 0.596. The highest BCUT2D eigenvalue weighted by atomic mass is 35.5. The maximum atomic E-state index is 6.90. The van der Waals surface area contributed by atoms with Crippen LogP contribution in [0.5, 0.6) is 0 Å². The predicted octanol–water partition coefficient (Wildman–Crippen LogP) is 2.30. The molecule has 0 saturated carbocycles. The number of hydrogen-bond acceptors (Lipinski definition) is 2. The minimum absolute atomic E-state index is 0.596. The third-order valence-electron chi connectivity index (χ3n) is 2.52. The molecular formula is C11H12ClN3. The molecule has 4 heteroatoms. The van der Waals surface area contributed by atoms with Gasteiger partial charge >= 0.3 is 0 Å². The van der Waals surface area contributed by atoms with Crippen molar-refractivity contribution >= 4 is 23.0 Å². The van der Waals surface area contributed by atoms with Crippen LogP contribution < -0.4 is 10.2 Å². The molecule has 0 aromatic heterocycles. The van der Waals surface area contributed by atoms with E-state index in [1.807, 2.05) is 12.1 Å². The smallest absolute Gasteiger partial charge is 0.188 e. The molecule has 0 aliphatic carbocycles. The Kier molecular flexibility index (Phi) is 3.10. The molecule has 0 atom stereocenters. The molecule has 1 fully saturated rings. The lowest BCUT2D eigenvalue weighted by molar-refractivity contribution is 0.589. The van der Waals surface area contributed by atoms with Crippen LogP contribution in [-0.4, -0.2) is 26.2 Å². The van der Waals surface area contributed by atoms with Gasteiger partial charge in [0, 0.05) is 26.2 Å². The zero-order chi connectivity index (χ0) is 10.7. The van der Waals surface area contributed by atoms with Crippen LogP contribution in [0.15, 0.2) is 18.2 Å². The van der Waals surface area contributed by atoms with Gasteiger partial charge < -0.3 is 10.2 Å². The largest absolute Gasteiger partial charge is 0.368 e. The van der Waals surface area contributed by atoms with Crippen molar-refractivity contribution in [2.75, 3.05) is 31.1 Å². The van der Waals surface area contributed by atoms with Gasteiger partial charge in [-0.15, -0.1) is 0 Å². The van der Waals surface area contributed by atoms with Crippen LogP contribution in [0.3, 0.4) is 0 Å². The quantitative estimate of drug-likeness (QED) is 0.735. The van der Waals surface area contributed by atoms with Crippen molar-refractivity contribution in [1.82, 2.24) is 5.32 Å². The zero-order valence-corrected chi connectivity index (χ0v) is 9.09. The third-order valence-corrected chi connectivity index (χ3v) is 2.82. The summed E-state index contributed by atoms with van der Waals surface area (Å²) in [6.45, 7) is 10.8. The summed E-state index contributed by atoms with van der Waals surface area (Å²) in [5, 5.41) is 3.96. The number of anilines is 1. The Morgan fingerprint density at radius 2 is 2.07 bits per heavy atom. The van der Waals surface area contributed by atoms with Crippen LogP contribution in [0.1, 0.15) is 0 Å². The SMILES string of the molecule is [C-]#[N+]c1ccc(N2CCNCC2)c(Cl)c1. The second-order valence-electron chi connectivity index (χ2n) is 3.48. The number of nitrogens with zero attached hydrogens (tertiary/aromatic N) is 2. The highest BCUT2D eigenvalue weighted by Crippen LogP contribution is 2.30. The van der Waals surface area contributed by atoms with E-state index in [-0.39, 0.29) is 0 Å². The Morgan fingerprint density at radius 3 is 2.67 bits per heavy atom. The molecule has 0 radical (unpaired) electrons. The molecule has 0 unspecified atom stereocenters. The van der Waals surface area contributed by atoms with Crippen molar-refractivity contribution in [3.05, 3.63) is 34.6 Å². The molecule has 15 heavy (non-hydrogen) atoms. The van der Waals surface area contributed by atoms with E-state index in [1.54, 1.807) is 6.07 Å². The van der Waals surface area contributed by atoms with Gasteiger partial charge in [-0.3, -0.25) is 0 Å². The number of hydrogen-bond donors (Lipinski definition) is 1. The van der Waals surface area contributed by atoms with Crippen LogP contribution in [-0.2, 0) is 0 Å². The van der Waals surface area contributed by atoms with Crippen LogP contribution in [0.25, 0.3) is 4.85 Å². The molecule has 0 spiro atoms. The molecule has 0 bridgehead atoms. The van der Waals surface area contributed by atoms with Gasteiger partial charge in [-0.05, 0) is 12.1 Å². The Balaban J connectivity index is 2.24. The summed E-state index contributed by atoms with van der Waals surface area (Å²) in [6, 6.07) is 5.48. The lowest BCUT2D eigenvalue weighted by Gasteiger charge is -2.30. The summed E-state index contributed by atoms with van der Waals surface area (Å²) >= 11 is 6.14. The van der Waals surface area contributed by atoms with E-state index in [4.69, 9.17) is 18.2 Å². The molecule has 1 heterocycles. The first-order valence-electron chi connectivity index (χ1n) is 4.94. The normalized spacial score (nSPS) is 16.1. The monoisotopic (exact) mass is 221 g/mol. The van der Waals surface area contributed by atoms with Gasteiger partial charge in [0.25, 0.3) is 0 Å². The van der Waals surface area contributed by atoms with E-state index in [9.17, 15) is 0 Å². The summed E-state index contributed by atoms with van der Waals surface area (Å²) < 4.78 is 0. The average Bonchev–Trinajstić information content (AvgIpc) is 2.30. The minimum Gasteiger partial charge on any atom is -0.368 e. The molecule has 1 aliphatic heterocycles. The fourth-order valence-corrected chi connectivity index (χ4v) is 2.02. The first-order valence-corrected chi connectivity index (χ1v) is 5.32. The molecule has 1 N–H and O–H groups in total. The Labute approximate surface area is 94.5 Å². The van der Waals surface area contributed by atoms with Crippen LogP contribution in [0, 0.1) is 6.57 Å². The van der Waals surface area contributed by atoms with Gasteiger partial charge in [0.15, 0.2) is 5.69 Å². The van der Waals surface area contributed by atoms with E-state index >= 15 is 0 Å². The lowest BCUT2D eigenvalue weighted by Crippen LogP contribution is -2.43. The summed E-state index contributed by atoms with van der Waals surface area (Å²) in [7, 11) is 0. The van der Waals surface area contributed by atoms with Crippen molar-refractivity contribution in [3.8, 4) is 0 Å². The first kappa shape index (κ1) is 10.3. The number of benzene rings is 1. The second kappa shape index (κ2) is 4.52. The van der Waals surface area contributed by atoms with E-state index < -0.39 is 0 Å². The van der Waals surface area contributed by atoms with E-state index in [1.165, 1.54) is 0 Å². The summed E-state index contributed by atoms with van der Waals surface area (Å²) in [6.07, 6.45) is 0. The fourth-order valence-electron chi connectivity index (χ4n) is 1.73. The number of piperazine rings is 1. The number of rotatable bonds is 1. The summed E-state index contributed by atoms with van der Waals surface area (Å²) in [5.41, 5.74) is 1.63. The van der Waals surface area contributed by atoms with Crippen molar-refractivity contribution in [2.45, 2.75) is 0 Å². The topological polar surface area (TPSA) is 19.6 Å². The molecule has 1 saturated heterocycles. The van der Waals surface area contributed by atoms with Gasteiger partial charge in [0.05, 0.1) is 17.3 Å². The second-order valence-corrected chi connectivity index (χ2v) is 3.89. The van der Waals surface area contributed by atoms with Gasteiger partial charge in [0.1, 0.15) is 0 Å². The molecule has 1 aromatic carbocycles. The Morgan fingerprint density at radius 1 is 1.33 bits per heavy atom. The van der Waals surface area contributed by atoms with Gasteiger partial charge in [0.2, 0.25) is 0 Å². The van der Waals surface area contributed by atoms with Crippen molar-refractivity contribution in [1.29, 1.82) is 0 Å². The molecule has 1 aliphatic rings.